The van der Waals surface area contributed by atoms with Crippen molar-refractivity contribution in [1.82, 2.24) is 19.7 Å². The topological polar surface area (TPSA) is 121 Å². The van der Waals surface area contributed by atoms with Crippen molar-refractivity contribution in [3.05, 3.63) is 87.1 Å². The van der Waals surface area contributed by atoms with Crippen LogP contribution in [0.3, 0.4) is 0 Å². The molecule has 10 nitrogen and oxygen atoms in total. The Morgan fingerprint density at radius 1 is 0.917 bits per heavy atom. The molecule has 0 atom stereocenters. The second kappa shape index (κ2) is 9.41. The maximum Gasteiger partial charge on any atom is 0.329 e. The summed E-state index contributed by atoms with van der Waals surface area (Å²) in [6.07, 6.45) is 0. The van der Waals surface area contributed by atoms with Gasteiger partial charge in [0, 0.05) is 11.6 Å². The summed E-state index contributed by atoms with van der Waals surface area (Å²) in [6, 6.07) is 17.4. The van der Waals surface area contributed by atoms with Crippen molar-refractivity contribution in [3.8, 4) is 40.1 Å². The van der Waals surface area contributed by atoms with E-state index >= 15 is 0 Å². The van der Waals surface area contributed by atoms with Gasteiger partial charge in [-0.15, -0.1) is 0 Å². The summed E-state index contributed by atoms with van der Waals surface area (Å²) in [6.45, 7) is 0.111. The molecule has 0 aliphatic carbocycles. The molecule has 0 saturated heterocycles. The molecule has 0 fully saturated rings. The highest BCUT2D eigenvalue weighted by atomic mass is 16.5. The molecule has 182 valence electrons. The van der Waals surface area contributed by atoms with E-state index in [2.05, 4.69) is 15.1 Å². The van der Waals surface area contributed by atoms with Crippen LogP contribution in [0.5, 0.6) is 17.2 Å². The van der Waals surface area contributed by atoms with Crippen molar-refractivity contribution in [2.24, 2.45) is 0 Å². The average Bonchev–Trinajstić information content (AvgIpc) is 3.40. The molecule has 2 heterocycles. The highest BCUT2D eigenvalue weighted by Crippen LogP contribution is 2.33. The van der Waals surface area contributed by atoms with E-state index in [1.807, 2.05) is 6.07 Å². The van der Waals surface area contributed by atoms with Gasteiger partial charge in [0.2, 0.25) is 5.82 Å². The van der Waals surface area contributed by atoms with Crippen LogP contribution >= 0.6 is 0 Å². The third kappa shape index (κ3) is 4.20. The van der Waals surface area contributed by atoms with Gasteiger partial charge in [-0.05, 0) is 48.0 Å². The van der Waals surface area contributed by atoms with Crippen molar-refractivity contribution in [2.75, 3.05) is 21.3 Å². The Kier molecular flexibility index (Phi) is 5.99. The van der Waals surface area contributed by atoms with E-state index in [0.29, 0.717) is 45.1 Å². The zero-order chi connectivity index (χ0) is 25.2. The van der Waals surface area contributed by atoms with Crippen LogP contribution in [0.2, 0.25) is 0 Å². The van der Waals surface area contributed by atoms with E-state index in [4.69, 9.17) is 18.7 Å². The van der Waals surface area contributed by atoms with Gasteiger partial charge in [0.25, 0.3) is 11.4 Å². The lowest BCUT2D eigenvalue weighted by atomic mass is 10.1. The Morgan fingerprint density at radius 3 is 2.50 bits per heavy atom. The van der Waals surface area contributed by atoms with Gasteiger partial charge in [0.1, 0.15) is 17.2 Å². The first-order chi connectivity index (χ1) is 17.5. The predicted molar refractivity (Wildman–Crippen MR) is 133 cm³/mol. The molecule has 1 N–H and O–H groups in total. The maximum atomic E-state index is 13.1. The molecule has 0 saturated carbocycles. The second-order valence-electron chi connectivity index (χ2n) is 7.92. The van der Waals surface area contributed by atoms with Gasteiger partial charge in [-0.3, -0.25) is 9.36 Å². The van der Waals surface area contributed by atoms with Crippen LogP contribution in [0.1, 0.15) is 5.56 Å². The Balaban J connectivity index is 1.50. The summed E-state index contributed by atoms with van der Waals surface area (Å²) in [4.78, 5) is 33.1. The van der Waals surface area contributed by atoms with Crippen LogP contribution < -0.4 is 25.5 Å². The lowest BCUT2D eigenvalue weighted by Crippen LogP contribution is -2.35. The molecular weight excluding hydrogens is 464 g/mol. The van der Waals surface area contributed by atoms with Crippen molar-refractivity contribution in [1.29, 1.82) is 0 Å². The van der Waals surface area contributed by atoms with Gasteiger partial charge in [-0.25, -0.2) is 4.79 Å². The molecule has 0 unspecified atom stereocenters. The van der Waals surface area contributed by atoms with Crippen LogP contribution in [-0.4, -0.2) is 41.0 Å². The molecule has 0 aliphatic heterocycles. The number of aromatic amines is 1. The maximum absolute atomic E-state index is 13.1. The molecule has 36 heavy (non-hydrogen) atoms. The number of rotatable bonds is 7. The molecule has 0 spiro atoms. The minimum Gasteiger partial charge on any atom is -0.497 e. The van der Waals surface area contributed by atoms with Crippen molar-refractivity contribution >= 4 is 10.9 Å². The first-order valence-corrected chi connectivity index (χ1v) is 11.0. The van der Waals surface area contributed by atoms with Crippen LogP contribution in [0.15, 0.2) is 74.8 Å². The highest BCUT2D eigenvalue weighted by molar-refractivity contribution is 5.82. The zero-order valence-electron chi connectivity index (χ0n) is 19.8. The van der Waals surface area contributed by atoms with E-state index in [1.54, 1.807) is 75.9 Å². The van der Waals surface area contributed by atoms with Crippen LogP contribution in [0.25, 0.3) is 33.7 Å². The monoisotopic (exact) mass is 486 g/mol. The predicted octanol–water partition coefficient (Wildman–Crippen LogP) is 3.48. The van der Waals surface area contributed by atoms with Crippen molar-refractivity contribution < 1.29 is 18.7 Å². The van der Waals surface area contributed by atoms with E-state index in [9.17, 15) is 9.59 Å². The number of hydrogen-bond acceptors (Lipinski definition) is 8. The lowest BCUT2D eigenvalue weighted by Gasteiger charge is -2.08. The van der Waals surface area contributed by atoms with Gasteiger partial charge in [0.15, 0.2) is 0 Å². The smallest absolute Gasteiger partial charge is 0.329 e. The molecular formula is C26H22N4O6. The summed E-state index contributed by atoms with van der Waals surface area (Å²) in [7, 11) is 4.67. The number of nitrogens with zero attached hydrogens (tertiary/aromatic N) is 3. The third-order valence-electron chi connectivity index (χ3n) is 5.78. The first kappa shape index (κ1) is 22.9. The Bertz CT molecular complexity index is 1680. The number of ether oxygens (including phenoxy) is 3. The van der Waals surface area contributed by atoms with Gasteiger partial charge in [-0.1, -0.05) is 17.3 Å². The molecule has 0 amide bonds. The summed E-state index contributed by atoms with van der Waals surface area (Å²) in [5, 5.41) is 4.42. The zero-order valence-corrected chi connectivity index (χ0v) is 19.8. The fourth-order valence-corrected chi connectivity index (χ4v) is 3.92. The van der Waals surface area contributed by atoms with Crippen molar-refractivity contribution in [2.45, 2.75) is 6.54 Å². The normalized spacial score (nSPS) is 11.0. The van der Waals surface area contributed by atoms with Gasteiger partial charge < -0.3 is 23.7 Å². The standard InChI is InChI=1S/C26H22N4O6/c1-33-17-6-4-5-15(11-17)14-30-25(31)19-9-7-16(12-21(19)27-26(30)32)24-28-23(29-36-24)20-10-8-18(34-2)13-22(20)35-3/h4-13H,14H2,1-3H3,(H,27,32). The fraction of sp³-hybridized carbons (Fsp3) is 0.154. The van der Waals surface area contributed by atoms with Crippen LogP contribution in [-0.2, 0) is 6.54 Å². The number of fused-ring (bicyclic) bond motifs is 1. The third-order valence-corrected chi connectivity index (χ3v) is 5.78. The van der Waals surface area contributed by atoms with Gasteiger partial charge in [-0.2, -0.15) is 4.98 Å². The molecule has 3 aromatic carbocycles. The van der Waals surface area contributed by atoms with E-state index < -0.39 is 11.2 Å². The quantitative estimate of drug-likeness (QED) is 0.371. The van der Waals surface area contributed by atoms with Gasteiger partial charge >= 0.3 is 5.69 Å². The molecule has 0 radical (unpaired) electrons. The second-order valence-corrected chi connectivity index (χ2v) is 7.92. The van der Waals surface area contributed by atoms with E-state index in [0.717, 1.165) is 10.1 Å². The summed E-state index contributed by atoms with van der Waals surface area (Å²) >= 11 is 0. The summed E-state index contributed by atoms with van der Waals surface area (Å²) in [5.74, 6) is 2.36. The van der Waals surface area contributed by atoms with Gasteiger partial charge in [0.05, 0.1) is 44.3 Å². The number of benzene rings is 3. The van der Waals surface area contributed by atoms with E-state index in [1.165, 1.54) is 0 Å². The largest absolute Gasteiger partial charge is 0.497 e. The molecule has 5 aromatic rings. The fourth-order valence-electron chi connectivity index (χ4n) is 3.92. The van der Waals surface area contributed by atoms with Crippen molar-refractivity contribution in [3.63, 3.8) is 0 Å². The molecule has 5 rings (SSSR count). The molecule has 10 heteroatoms. The van der Waals surface area contributed by atoms with E-state index in [-0.39, 0.29) is 12.4 Å². The minimum absolute atomic E-state index is 0.111. The molecule has 0 aliphatic rings. The lowest BCUT2D eigenvalue weighted by molar-refractivity contribution is 0.394. The highest BCUT2D eigenvalue weighted by Gasteiger charge is 2.17. The number of hydrogen-bond donors (Lipinski definition) is 1. The molecule has 0 bridgehead atoms. The molecule has 2 aromatic heterocycles. The number of nitrogens with one attached hydrogen (secondary N) is 1. The summed E-state index contributed by atoms with van der Waals surface area (Å²) in [5.41, 5.74) is 1.38. The summed E-state index contributed by atoms with van der Waals surface area (Å²) < 4.78 is 22.5. The Hall–Kier alpha value is -4.86. The van der Waals surface area contributed by atoms with Crippen LogP contribution in [0.4, 0.5) is 0 Å². The SMILES string of the molecule is COc1cccc(Cn2c(=O)[nH]c3cc(-c4nc(-c5ccc(OC)cc5OC)no4)ccc3c2=O)c1. The number of aromatic nitrogens is 4. The Morgan fingerprint density at radius 2 is 1.72 bits per heavy atom. The number of H-pyrrole nitrogens is 1. The first-order valence-electron chi connectivity index (χ1n) is 11.0. The van der Waals surface area contributed by atoms with Crippen LogP contribution in [0, 0.1) is 0 Å². The minimum atomic E-state index is -0.526. The number of methoxy groups -OCH3 is 3. The Labute approximate surface area is 204 Å². The average molecular weight is 486 g/mol.